The predicted octanol–water partition coefficient (Wildman–Crippen LogP) is 3.29. The molecule has 3 nitrogen and oxygen atoms in total. The van der Waals surface area contributed by atoms with Crippen LogP contribution in [0.25, 0.3) is 0 Å². The molecule has 0 saturated carbocycles. The molecule has 0 radical (unpaired) electrons. The van der Waals surface area contributed by atoms with Gasteiger partial charge in [0.1, 0.15) is 5.69 Å². The highest BCUT2D eigenvalue weighted by Crippen LogP contribution is 2.18. The van der Waals surface area contributed by atoms with Crippen LogP contribution in [0.5, 0.6) is 0 Å². The molecule has 0 fully saturated rings. The molecule has 1 aromatic carbocycles. The standard InChI is InChI=1S/C10H14N2O/c1-10(2,3)11-8-4-6-9(12-13)7-5-8/h4-7,11H,1-3H3. The summed E-state index contributed by atoms with van der Waals surface area (Å²) in [5, 5.41) is 6.12. The Hall–Kier alpha value is -1.38. The average Bonchev–Trinajstić information content (AvgIpc) is 2.03. The van der Waals surface area contributed by atoms with Gasteiger partial charge in [0.15, 0.2) is 0 Å². The third-order valence-corrected chi connectivity index (χ3v) is 1.49. The summed E-state index contributed by atoms with van der Waals surface area (Å²) in [5.74, 6) is 0. The number of nitrogens with zero attached hydrogens (tertiary/aromatic N) is 1. The van der Waals surface area contributed by atoms with Crippen LogP contribution in [0.4, 0.5) is 11.4 Å². The van der Waals surface area contributed by atoms with E-state index in [1.807, 2.05) is 12.1 Å². The second kappa shape index (κ2) is 3.56. The van der Waals surface area contributed by atoms with Crippen molar-refractivity contribution >= 4 is 11.4 Å². The van der Waals surface area contributed by atoms with Crippen molar-refractivity contribution in [3.63, 3.8) is 0 Å². The van der Waals surface area contributed by atoms with E-state index in [1.54, 1.807) is 12.1 Å². The van der Waals surface area contributed by atoms with E-state index in [0.717, 1.165) is 5.69 Å². The summed E-state index contributed by atoms with van der Waals surface area (Å²) in [5.41, 5.74) is 1.50. The molecule has 0 unspecified atom stereocenters. The molecule has 0 atom stereocenters. The smallest absolute Gasteiger partial charge is 0.108 e. The monoisotopic (exact) mass is 178 g/mol. The van der Waals surface area contributed by atoms with Gasteiger partial charge in [0.05, 0.1) is 0 Å². The summed E-state index contributed by atoms with van der Waals surface area (Å²) in [6.07, 6.45) is 0. The van der Waals surface area contributed by atoms with Crippen molar-refractivity contribution in [3.8, 4) is 0 Å². The van der Waals surface area contributed by atoms with E-state index in [4.69, 9.17) is 0 Å². The number of hydrogen-bond acceptors (Lipinski definition) is 3. The van der Waals surface area contributed by atoms with Gasteiger partial charge in [-0.2, -0.15) is 0 Å². The first-order valence-corrected chi connectivity index (χ1v) is 4.23. The average molecular weight is 178 g/mol. The molecule has 0 aliphatic heterocycles. The highest BCUT2D eigenvalue weighted by atomic mass is 16.3. The summed E-state index contributed by atoms with van der Waals surface area (Å²) in [6.45, 7) is 6.25. The summed E-state index contributed by atoms with van der Waals surface area (Å²) < 4.78 is 0. The Labute approximate surface area is 78.1 Å². The van der Waals surface area contributed by atoms with Crippen LogP contribution in [0, 0.1) is 4.91 Å². The van der Waals surface area contributed by atoms with Crippen LogP contribution in [0.3, 0.4) is 0 Å². The Kier molecular flexibility index (Phi) is 2.66. The van der Waals surface area contributed by atoms with Gasteiger partial charge in [0.2, 0.25) is 0 Å². The zero-order valence-corrected chi connectivity index (χ0v) is 8.16. The molecule has 70 valence electrons. The molecule has 0 aromatic heterocycles. The SMILES string of the molecule is CC(C)(C)Nc1ccc(N=O)cc1. The van der Waals surface area contributed by atoms with Gasteiger partial charge in [-0.3, -0.25) is 0 Å². The minimum atomic E-state index is 0.0378. The maximum absolute atomic E-state index is 10.1. The van der Waals surface area contributed by atoms with Crippen molar-refractivity contribution in [1.29, 1.82) is 0 Å². The molecule has 1 aromatic rings. The molecule has 0 heterocycles. The number of benzene rings is 1. The number of anilines is 1. The maximum Gasteiger partial charge on any atom is 0.108 e. The second-order valence-corrected chi connectivity index (χ2v) is 4.01. The lowest BCUT2D eigenvalue weighted by molar-refractivity contribution is 0.634. The maximum atomic E-state index is 10.1. The van der Waals surface area contributed by atoms with Gasteiger partial charge in [0, 0.05) is 11.2 Å². The van der Waals surface area contributed by atoms with Crippen molar-refractivity contribution in [2.45, 2.75) is 26.3 Å². The Bertz CT molecular complexity index is 285. The van der Waals surface area contributed by atoms with Crippen LogP contribution >= 0.6 is 0 Å². The van der Waals surface area contributed by atoms with E-state index >= 15 is 0 Å². The molecular formula is C10H14N2O. The van der Waals surface area contributed by atoms with Crippen LogP contribution < -0.4 is 5.32 Å². The van der Waals surface area contributed by atoms with Crippen molar-refractivity contribution < 1.29 is 0 Å². The normalized spacial score (nSPS) is 11.0. The summed E-state index contributed by atoms with van der Waals surface area (Å²) in [4.78, 5) is 10.1. The van der Waals surface area contributed by atoms with Crippen molar-refractivity contribution in [2.24, 2.45) is 5.18 Å². The topological polar surface area (TPSA) is 41.5 Å². The Morgan fingerprint density at radius 3 is 2.08 bits per heavy atom. The van der Waals surface area contributed by atoms with Crippen LogP contribution in [-0.2, 0) is 0 Å². The van der Waals surface area contributed by atoms with Gasteiger partial charge in [0.25, 0.3) is 0 Å². The highest BCUT2D eigenvalue weighted by Gasteiger charge is 2.08. The number of hydrogen-bond donors (Lipinski definition) is 1. The first-order chi connectivity index (χ1) is 6.01. The minimum Gasteiger partial charge on any atom is -0.380 e. The van der Waals surface area contributed by atoms with Crippen molar-refractivity contribution in [2.75, 3.05) is 5.32 Å². The first kappa shape index (κ1) is 9.71. The third kappa shape index (κ3) is 3.23. The van der Waals surface area contributed by atoms with Crippen LogP contribution in [0.1, 0.15) is 20.8 Å². The third-order valence-electron chi connectivity index (χ3n) is 1.49. The molecule has 1 N–H and O–H groups in total. The molecule has 0 aliphatic rings. The molecular weight excluding hydrogens is 164 g/mol. The van der Waals surface area contributed by atoms with Gasteiger partial charge in [-0.1, -0.05) is 0 Å². The summed E-state index contributed by atoms with van der Waals surface area (Å²) in [7, 11) is 0. The van der Waals surface area contributed by atoms with Crippen LogP contribution in [-0.4, -0.2) is 5.54 Å². The van der Waals surface area contributed by atoms with Gasteiger partial charge >= 0.3 is 0 Å². The summed E-state index contributed by atoms with van der Waals surface area (Å²) >= 11 is 0. The van der Waals surface area contributed by atoms with E-state index in [-0.39, 0.29) is 5.54 Å². The van der Waals surface area contributed by atoms with E-state index in [9.17, 15) is 4.91 Å². The lowest BCUT2D eigenvalue weighted by Crippen LogP contribution is -2.25. The first-order valence-electron chi connectivity index (χ1n) is 4.23. The lowest BCUT2D eigenvalue weighted by Gasteiger charge is -2.21. The fraction of sp³-hybridized carbons (Fsp3) is 0.400. The number of nitroso groups, excluding NO2 is 1. The highest BCUT2D eigenvalue weighted by molar-refractivity contribution is 5.51. The molecule has 0 spiro atoms. The molecule has 0 bridgehead atoms. The Balaban J connectivity index is 2.75. The molecule has 0 saturated heterocycles. The lowest BCUT2D eigenvalue weighted by atomic mass is 10.1. The summed E-state index contributed by atoms with van der Waals surface area (Å²) in [6, 6.07) is 7.09. The van der Waals surface area contributed by atoms with E-state index in [1.165, 1.54) is 0 Å². The van der Waals surface area contributed by atoms with Crippen LogP contribution in [0.15, 0.2) is 29.4 Å². The fourth-order valence-corrected chi connectivity index (χ4v) is 1.04. The molecule has 0 amide bonds. The molecule has 1 rings (SSSR count). The zero-order chi connectivity index (χ0) is 9.90. The minimum absolute atomic E-state index is 0.0378. The zero-order valence-electron chi connectivity index (χ0n) is 8.16. The second-order valence-electron chi connectivity index (χ2n) is 4.01. The van der Waals surface area contributed by atoms with Crippen LogP contribution in [0.2, 0.25) is 0 Å². The predicted molar refractivity (Wildman–Crippen MR) is 55.3 cm³/mol. The number of nitrogens with one attached hydrogen (secondary N) is 1. The Morgan fingerprint density at radius 2 is 1.69 bits per heavy atom. The molecule has 3 heteroatoms. The van der Waals surface area contributed by atoms with E-state index in [2.05, 4.69) is 31.3 Å². The molecule has 0 aliphatic carbocycles. The van der Waals surface area contributed by atoms with Gasteiger partial charge < -0.3 is 5.32 Å². The van der Waals surface area contributed by atoms with Crippen molar-refractivity contribution in [1.82, 2.24) is 0 Å². The van der Waals surface area contributed by atoms with Gasteiger partial charge in [-0.15, -0.1) is 4.91 Å². The van der Waals surface area contributed by atoms with Gasteiger partial charge in [-0.25, -0.2) is 0 Å². The molecule has 13 heavy (non-hydrogen) atoms. The fourth-order valence-electron chi connectivity index (χ4n) is 1.04. The quantitative estimate of drug-likeness (QED) is 0.706. The van der Waals surface area contributed by atoms with Gasteiger partial charge in [-0.05, 0) is 50.2 Å². The Morgan fingerprint density at radius 1 is 1.15 bits per heavy atom. The number of rotatable bonds is 2. The van der Waals surface area contributed by atoms with Crippen molar-refractivity contribution in [3.05, 3.63) is 29.2 Å². The van der Waals surface area contributed by atoms with E-state index < -0.39 is 0 Å². The van der Waals surface area contributed by atoms with E-state index in [0.29, 0.717) is 5.69 Å². The largest absolute Gasteiger partial charge is 0.380 e.